The summed E-state index contributed by atoms with van der Waals surface area (Å²) >= 11 is 5.95. The normalized spacial score (nSPS) is 11.2. The SMILES string of the molecule is COc1ccc(-n2c(C=Cc3ccc(Cl)cc3)nc3ccccc3c2=O)cc1. The van der Waals surface area contributed by atoms with Crippen LogP contribution in [-0.2, 0) is 0 Å². The minimum absolute atomic E-state index is 0.119. The van der Waals surface area contributed by atoms with Crippen LogP contribution in [0, 0.1) is 0 Å². The van der Waals surface area contributed by atoms with E-state index >= 15 is 0 Å². The van der Waals surface area contributed by atoms with Gasteiger partial charge in [0.15, 0.2) is 0 Å². The second kappa shape index (κ2) is 7.71. The highest BCUT2D eigenvalue weighted by Gasteiger charge is 2.11. The van der Waals surface area contributed by atoms with Crippen molar-refractivity contribution in [2.24, 2.45) is 0 Å². The fraction of sp³-hybridized carbons (Fsp3) is 0.0435. The molecule has 0 atom stereocenters. The molecule has 138 valence electrons. The van der Waals surface area contributed by atoms with Gasteiger partial charge in [0.05, 0.1) is 23.7 Å². The van der Waals surface area contributed by atoms with Crippen molar-refractivity contribution in [1.82, 2.24) is 9.55 Å². The van der Waals surface area contributed by atoms with Gasteiger partial charge in [0.2, 0.25) is 0 Å². The molecule has 0 spiro atoms. The number of ether oxygens (including phenoxy) is 1. The van der Waals surface area contributed by atoms with Crippen molar-refractivity contribution in [2.45, 2.75) is 0 Å². The Labute approximate surface area is 167 Å². The third-order valence-electron chi connectivity index (χ3n) is 4.43. The maximum Gasteiger partial charge on any atom is 0.266 e. The molecule has 28 heavy (non-hydrogen) atoms. The Hall–Kier alpha value is -3.37. The molecule has 3 aromatic carbocycles. The van der Waals surface area contributed by atoms with Crippen molar-refractivity contribution < 1.29 is 4.74 Å². The van der Waals surface area contributed by atoms with Gasteiger partial charge in [0.1, 0.15) is 11.6 Å². The van der Waals surface area contributed by atoms with Crippen molar-refractivity contribution in [2.75, 3.05) is 7.11 Å². The highest BCUT2D eigenvalue weighted by molar-refractivity contribution is 6.30. The molecule has 0 aliphatic heterocycles. The smallest absolute Gasteiger partial charge is 0.266 e. The number of rotatable bonds is 4. The number of fused-ring (bicyclic) bond motifs is 1. The Morgan fingerprint density at radius 2 is 1.64 bits per heavy atom. The molecular formula is C23H17ClN2O2. The van der Waals surface area contributed by atoms with Gasteiger partial charge in [-0.1, -0.05) is 41.9 Å². The summed E-state index contributed by atoms with van der Waals surface area (Å²) in [6.45, 7) is 0. The maximum atomic E-state index is 13.2. The van der Waals surface area contributed by atoms with E-state index in [9.17, 15) is 4.79 Å². The van der Waals surface area contributed by atoms with Crippen LogP contribution in [0.25, 0.3) is 28.7 Å². The minimum atomic E-state index is -0.119. The zero-order chi connectivity index (χ0) is 19.5. The molecule has 0 saturated heterocycles. The standard InChI is InChI=1S/C23H17ClN2O2/c1-28-19-13-11-18(12-14-19)26-22(15-8-16-6-9-17(24)10-7-16)25-21-5-3-2-4-20(21)23(26)27/h2-15H,1H3. The average Bonchev–Trinajstić information content (AvgIpc) is 2.74. The summed E-state index contributed by atoms with van der Waals surface area (Å²) in [5.74, 6) is 1.27. The van der Waals surface area contributed by atoms with Crippen LogP contribution in [0.5, 0.6) is 5.75 Å². The van der Waals surface area contributed by atoms with E-state index in [0.717, 1.165) is 17.0 Å². The largest absolute Gasteiger partial charge is 0.497 e. The molecule has 5 heteroatoms. The topological polar surface area (TPSA) is 44.1 Å². The van der Waals surface area contributed by atoms with Gasteiger partial charge in [-0.05, 0) is 60.2 Å². The molecule has 0 N–H and O–H groups in total. The molecule has 4 aromatic rings. The summed E-state index contributed by atoms with van der Waals surface area (Å²) in [6.07, 6.45) is 3.74. The fourth-order valence-electron chi connectivity index (χ4n) is 2.99. The average molecular weight is 389 g/mol. The summed E-state index contributed by atoms with van der Waals surface area (Å²) < 4.78 is 6.83. The van der Waals surface area contributed by atoms with E-state index in [1.807, 2.05) is 78.9 Å². The number of hydrogen-bond acceptors (Lipinski definition) is 3. The van der Waals surface area contributed by atoms with Crippen molar-refractivity contribution in [3.63, 3.8) is 0 Å². The number of hydrogen-bond donors (Lipinski definition) is 0. The first kappa shape index (κ1) is 18.0. The highest BCUT2D eigenvalue weighted by Crippen LogP contribution is 2.18. The van der Waals surface area contributed by atoms with Crippen molar-refractivity contribution in [1.29, 1.82) is 0 Å². The Morgan fingerprint density at radius 1 is 0.929 bits per heavy atom. The second-order valence-electron chi connectivity index (χ2n) is 6.21. The summed E-state index contributed by atoms with van der Waals surface area (Å²) in [4.78, 5) is 17.9. The molecule has 0 aliphatic carbocycles. The predicted octanol–water partition coefficient (Wildman–Crippen LogP) is 5.22. The molecule has 1 aromatic heterocycles. The molecule has 0 unspecified atom stereocenters. The van der Waals surface area contributed by atoms with Crippen LogP contribution in [0.2, 0.25) is 5.02 Å². The number of benzene rings is 3. The molecule has 0 amide bonds. The Kier molecular flexibility index (Phi) is 4.96. The third kappa shape index (κ3) is 3.55. The Morgan fingerprint density at radius 3 is 2.36 bits per heavy atom. The fourth-order valence-corrected chi connectivity index (χ4v) is 3.11. The van der Waals surface area contributed by atoms with E-state index in [-0.39, 0.29) is 5.56 Å². The van der Waals surface area contributed by atoms with Crippen LogP contribution in [0.4, 0.5) is 0 Å². The van der Waals surface area contributed by atoms with E-state index in [1.54, 1.807) is 17.7 Å². The van der Waals surface area contributed by atoms with Crippen LogP contribution in [0.15, 0.2) is 77.6 Å². The van der Waals surface area contributed by atoms with Crippen molar-refractivity contribution >= 4 is 34.7 Å². The first-order chi connectivity index (χ1) is 13.7. The van der Waals surface area contributed by atoms with Gasteiger partial charge in [0.25, 0.3) is 5.56 Å². The molecule has 0 saturated carbocycles. The van der Waals surface area contributed by atoms with Gasteiger partial charge in [0, 0.05) is 5.02 Å². The first-order valence-corrected chi connectivity index (χ1v) is 9.13. The first-order valence-electron chi connectivity index (χ1n) is 8.75. The second-order valence-corrected chi connectivity index (χ2v) is 6.65. The van der Waals surface area contributed by atoms with Gasteiger partial charge in [-0.3, -0.25) is 9.36 Å². The van der Waals surface area contributed by atoms with Crippen LogP contribution >= 0.6 is 11.6 Å². The van der Waals surface area contributed by atoms with Crippen LogP contribution < -0.4 is 10.3 Å². The monoisotopic (exact) mass is 388 g/mol. The van der Waals surface area contributed by atoms with Gasteiger partial charge >= 0.3 is 0 Å². The van der Waals surface area contributed by atoms with E-state index in [1.165, 1.54) is 0 Å². The van der Waals surface area contributed by atoms with Crippen molar-refractivity contribution in [3.05, 3.63) is 99.6 Å². The molecule has 4 nitrogen and oxygen atoms in total. The molecule has 0 fully saturated rings. The number of aromatic nitrogens is 2. The minimum Gasteiger partial charge on any atom is -0.497 e. The zero-order valence-electron chi connectivity index (χ0n) is 15.2. The van der Waals surface area contributed by atoms with E-state index in [4.69, 9.17) is 21.3 Å². The lowest BCUT2D eigenvalue weighted by Gasteiger charge is -2.12. The van der Waals surface area contributed by atoms with Crippen LogP contribution in [-0.4, -0.2) is 16.7 Å². The van der Waals surface area contributed by atoms with Gasteiger partial charge in [-0.2, -0.15) is 0 Å². The molecular weight excluding hydrogens is 372 g/mol. The van der Waals surface area contributed by atoms with Gasteiger partial charge in [-0.25, -0.2) is 4.98 Å². The van der Waals surface area contributed by atoms with Crippen molar-refractivity contribution in [3.8, 4) is 11.4 Å². The van der Waals surface area contributed by atoms with Crippen LogP contribution in [0.3, 0.4) is 0 Å². The van der Waals surface area contributed by atoms with E-state index < -0.39 is 0 Å². The van der Waals surface area contributed by atoms with Gasteiger partial charge in [-0.15, -0.1) is 0 Å². The number of nitrogens with zero attached hydrogens (tertiary/aromatic N) is 2. The quantitative estimate of drug-likeness (QED) is 0.481. The number of methoxy groups -OCH3 is 1. The van der Waals surface area contributed by atoms with Gasteiger partial charge < -0.3 is 4.74 Å². The zero-order valence-corrected chi connectivity index (χ0v) is 15.9. The summed E-state index contributed by atoms with van der Waals surface area (Å²) in [6, 6.07) is 22.2. The molecule has 0 aliphatic rings. The summed E-state index contributed by atoms with van der Waals surface area (Å²) in [5.41, 5.74) is 2.23. The molecule has 1 heterocycles. The maximum absolute atomic E-state index is 13.2. The third-order valence-corrected chi connectivity index (χ3v) is 4.68. The highest BCUT2D eigenvalue weighted by atomic mass is 35.5. The lowest BCUT2D eigenvalue weighted by molar-refractivity contribution is 0.414. The predicted molar refractivity (Wildman–Crippen MR) is 114 cm³/mol. The molecule has 0 radical (unpaired) electrons. The van der Waals surface area contributed by atoms with Crippen LogP contribution in [0.1, 0.15) is 11.4 Å². The molecule has 0 bridgehead atoms. The lowest BCUT2D eigenvalue weighted by Crippen LogP contribution is -2.22. The Balaban J connectivity index is 1.89. The van der Waals surface area contributed by atoms with E-state index in [2.05, 4.69) is 0 Å². The summed E-state index contributed by atoms with van der Waals surface area (Å²) in [7, 11) is 1.61. The van der Waals surface area contributed by atoms with E-state index in [0.29, 0.717) is 21.7 Å². The summed E-state index contributed by atoms with van der Waals surface area (Å²) in [5, 5.41) is 1.25. The number of para-hydroxylation sites is 1. The molecule has 4 rings (SSSR count). The number of halogens is 1. The Bertz CT molecular complexity index is 1210. The lowest BCUT2D eigenvalue weighted by atomic mass is 10.2.